The highest BCUT2D eigenvalue weighted by Gasteiger charge is 2.29. The van der Waals surface area contributed by atoms with E-state index in [1.165, 1.54) is 6.07 Å². The van der Waals surface area contributed by atoms with Crippen molar-refractivity contribution in [3.8, 4) is 11.1 Å². The Labute approximate surface area is 194 Å². The average molecular weight is 462 g/mol. The van der Waals surface area contributed by atoms with Crippen LogP contribution in [0.3, 0.4) is 0 Å². The molecule has 3 aromatic carbocycles. The summed E-state index contributed by atoms with van der Waals surface area (Å²) in [6.07, 6.45) is -3.43. The molecular weight excluding hydrogens is 440 g/mol. The number of aliphatic hydroxyl groups is 2. The van der Waals surface area contributed by atoms with Crippen LogP contribution in [-0.4, -0.2) is 46.8 Å². The molecule has 1 aliphatic carbocycles. The van der Waals surface area contributed by atoms with Gasteiger partial charge in [0, 0.05) is 30.2 Å². The summed E-state index contributed by atoms with van der Waals surface area (Å²) in [5, 5.41) is 34.0. The van der Waals surface area contributed by atoms with Gasteiger partial charge in [0.1, 0.15) is 18.8 Å². The summed E-state index contributed by atoms with van der Waals surface area (Å²) in [4.78, 5) is 33.8. The van der Waals surface area contributed by atoms with Crippen LogP contribution in [0.5, 0.6) is 0 Å². The molecule has 0 heterocycles. The number of ether oxygens (including phenoxy) is 1. The average Bonchev–Trinajstić information content (AvgIpc) is 3.18. The van der Waals surface area contributed by atoms with Crippen molar-refractivity contribution in [1.29, 1.82) is 0 Å². The Bertz CT molecular complexity index is 1200. The zero-order valence-electron chi connectivity index (χ0n) is 18.0. The lowest BCUT2D eigenvalue weighted by Gasteiger charge is -2.20. The van der Waals surface area contributed by atoms with Gasteiger partial charge in [-0.25, -0.2) is 4.79 Å². The highest BCUT2D eigenvalue weighted by Crippen LogP contribution is 2.44. The van der Waals surface area contributed by atoms with Crippen LogP contribution in [0.25, 0.3) is 11.1 Å². The van der Waals surface area contributed by atoms with Crippen molar-refractivity contribution in [2.45, 2.75) is 18.1 Å². The molecule has 0 saturated carbocycles. The van der Waals surface area contributed by atoms with E-state index < -0.39 is 23.2 Å². The third-order valence-electron chi connectivity index (χ3n) is 5.89. The summed E-state index contributed by atoms with van der Waals surface area (Å²) < 4.78 is 5.39. The number of nitro groups is 1. The fourth-order valence-corrected chi connectivity index (χ4v) is 4.20. The number of rotatable bonds is 8. The molecule has 2 atom stereocenters. The van der Waals surface area contributed by atoms with Gasteiger partial charge in [-0.3, -0.25) is 14.9 Å². The summed E-state index contributed by atoms with van der Waals surface area (Å²) in [7, 11) is 0. The number of alkyl carbamates (subject to hydrolysis) is 1. The molecule has 1 aliphatic rings. The number of benzene rings is 3. The molecule has 0 aromatic heterocycles. The van der Waals surface area contributed by atoms with Crippen molar-refractivity contribution in [1.82, 2.24) is 5.32 Å². The molecule has 1 amide bonds. The third-order valence-corrected chi connectivity index (χ3v) is 5.89. The Morgan fingerprint density at radius 3 is 2.26 bits per heavy atom. The molecular formula is C25H22N2O7. The first kappa shape index (κ1) is 23.1. The number of amides is 1. The zero-order valence-corrected chi connectivity index (χ0v) is 18.0. The molecule has 34 heavy (non-hydrogen) atoms. The SMILES string of the molecule is O=Cc1cc([N+](=O)[O-])ccc1C(O)C(O)CNC(=O)OCC1c2ccccc2-c2ccccc21. The Hall–Kier alpha value is -4.08. The third kappa shape index (κ3) is 4.52. The lowest BCUT2D eigenvalue weighted by molar-refractivity contribution is -0.384. The van der Waals surface area contributed by atoms with E-state index in [1.54, 1.807) is 0 Å². The topological polar surface area (TPSA) is 139 Å². The molecule has 0 saturated heterocycles. The summed E-state index contributed by atoms with van der Waals surface area (Å²) in [5.41, 5.74) is 3.89. The fourth-order valence-electron chi connectivity index (χ4n) is 4.20. The number of hydrogen-bond donors (Lipinski definition) is 3. The van der Waals surface area contributed by atoms with E-state index in [0.29, 0.717) is 6.29 Å². The highest BCUT2D eigenvalue weighted by atomic mass is 16.6. The molecule has 9 heteroatoms. The first-order valence-corrected chi connectivity index (χ1v) is 10.6. The molecule has 0 bridgehead atoms. The van der Waals surface area contributed by atoms with Crippen molar-refractivity contribution in [3.63, 3.8) is 0 Å². The standard InChI is InChI=1S/C25H22N2O7/c28-13-15-11-16(27(32)33)9-10-17(15)24(30)23(29)12-26-25(31)34-14-22-20-7-3-1-5-18(20)19-6-2-4-8-21(19)22/h1-11,13,22-24,29-30H,12,14H2,(H,26,31). The number of nitrogens with one attached hydrogen (secondary N) is 1. The van der Waals surface area contributed by atoms with Crippen molar-refractivity contribution >= 4 is 18.1 Å². The highest BCUT2D eigenvalue weighted by molar-refractivity contribution is 5.80. The van der Waals surface area contributed by atoms with Gasteiger partial charge in [0.2, 0.25) is 0 Å². The van der Waals surface area contributed by atoms with Crippen molar-refractivity contribution in [2.24, 2.45) is 0 Å². The Balaban J connectivity index is 1.36. The maximum Gasteiger partial charge on any atom is 0.407 e. The monoisotopic (exact) mass is 462 g/mol. The van der Waals surface area contributed by atoms with Crippen LogP contribution < -0.4 is 5.32 Å². The molecule has 2 unspecified atom stereocenters. The van der Waals surface area contributed by atoms with Crippen LogP contribution in [0.1, 0.15) is 39.1 Å². The Morgan fingerprint density at radius 1 is 1.06 bits per heavy atom. The van der Waals surface area contributed by atoms with Gasteiger partial charge in [0.05, 0.1) is 4.92 Å². The number of aliphatic hydroxyl groups excluding tert-OH is 2. The van der Waals surface area contributed by atoms with E-state index in [0.717, 1.165) is 34.4 Å². The number of carbonyl (C=O) groups is 2. The number of hydrogen-bond acceptors (Lipinski definition) is 7. The lowest BCUT2D eigenvalue weighted by Crippen LogP contribution is -2.36. The van der Waals surface area contributed by atoms with Gasteiger partial charge in [-0.15, -0.1) is 0 Å². The predicted octanol–water partition coefficient (Wildman–Crippen LogP) is 3.34. The number of aldehydes is 1. The maximum absolute atomic E-state index is 12.3. The van der Waals surface area contributed by atoms with Crippen LogP contribution in [0.15, 0.2) is 66.7 Å². The molecule has 4 rings (SSSR count). The maximum atomic E-state index is 12.3. The van der Waals surface area contributed by atoms with Crippen LogP contribution in [0.2, 0.25) is 0 Å². The summed E-state index contributed by atoms with van der Waals surface area (Å²) in [6.45, 7) is -0.261. The lowest BCUT2D eigenvalue weighted by atomic mass is 9.98. The van der Waals surface area contributed by atoms with E-state index in [1.807, 2.05) is 48.5 Å². The fraction of sp³-hybridized carbons (Fsp3) is 0.200. The zero-order chi connectivity index (χ0) is 24.2. The van der Waals surface area contributed by atoms with E-state index in [9.17, 15) is 29.9 Å². The summed E-state index contributed by atoms with van der Waals surface area (Å²) >= 11 is 0. The van der Waals surface area contributed by atoms with Crippen LogP contribution in [0, 0.1) is 10.1 Å². The van der Waals surface area contributed by atoms with Crippen LogP contribution in [0.4, 0.5) is 10.5 Å². The quantitative estimate of drug-likeness (QED) is 0.265. The van der Waals surface area contributed by atoms with Crippen LogP contribution >= 0.6 is 0 Å². The minimum Gasteiger partial charge on any atom is -0.449 e. The second-order valence-electron chi connectivity index (χ2n) is 7.91. The minimum atomic E-state index is -1.55. The minimum absolute atomic E-state index is 0.0161. The summed E-state index contributed by atoms with van der Waals surface area (Å²) in [5.74, 6) is -0.121. The Kier molecular flexibility index (Phi) is 6.67. The number of non-ortho nitro benzene ring substituents is 1. The van der Waals surface area contributed by atoms with E-state index in [2.05, 4.69) is 5.32 Å². The van der Waals surface area contributed by atoms with Crippen LogP contribution in [-0.2, 0) is 4.74 Å². The predicted molar refractivity (Wildman–Crippen MR) is 123 cm³/mol. The smallest absolute Gasteiger partial charge is 0.407 e. The van der Waals surface area contributed by atoms with Gasteiger partial charge in [0.15, 0.2) is 6.29 Å². The molecule has 0 aliphatic heterocycles. The van der Waals surface area contributed by atoms with E-state index >= 15 is 0 Å². The van der Waals surface area contributed by atoms with Crippen molar-refractivity contribution in [3.05, 3.63) is 99.1 Å². The van der Waals surface area contributed by atoms with Crippen molar-refractivity contribution in [2.75, 3.05) is 13.2 Å². The Morgan fingerprint density at radius 2 is 1.68 bits per heavy atom. The normalized spacial score (nSPS) is 13.9. The first-order chi connectivity index (χ1) is 16.4. The van der Waals surface area contributed by atoms with Gasteiger partial charge in [-0.1, -0.05) is 48.5 Å². The van der Waals surface area contributed by atoms with Gasteiger partial charge in [0.25, 0.3) is 5.69 Å². The molecule has 0 fully saturated rings. The van der Waals surface area contributed by atoms with E-state index in [-0.39, 0.29) is 35.9 Å². The summed E-state index contributed by atoms with van der Waals surface area (Å²) in [6, 6.07) is 19.2. The number of fused-ring (bicyclic) bond motifs is 3. The molecule has 0 radical (unpaired) electrons. The molecule has 3 aromatic rings. The van der Waals surface area contributed by atoms with Gasteiger partial charge in [-0.05, 0) is 33.9 Å². The molecule has 3 N–H and O–H groups in total. The van der Waals surface area contributed by atoms with Gasteiger partial charge >= 0.3 is 6.09 Å². The second-order valence-corrected chi connectivity index (χ2v) is 7.91. The molecule has 174 valence electrons. The molecule has 9 nitrogen and oxygen atoms in total. The second kappa shape index (κ2) is 9.82. The number of nitrogens with zero attached hydrogens (tertiary/aromatic N) is 1. The van der Waals surface area contributed by atoms with Gasteiger partial charge < -0.3 is 20.3 Å². The van der Waals surface area contributed by atoms with E-state index in [4.69, 9.17) is 4.74 Å². The number of nitro benzene ring substituents is 1. The first-order valence-electron chi connectivity index (χ1n) is 10.6. The molecule has 0 spiro atoms. The van der Waals surface area contributed by atoms with Crippen molar-refractivity contribution < 1.29 is 29.5 Å². The number of carbonyl (C=O) groups excluding carboxylic acids is 2. The largest absolute Gasteiger partial charge is 0.449 e. The van der Waals surface area contributed by atoms with Gasteiger partial charge in [-0.2, -0.15) is 0 Å².